The van der Waals surface area contributed by atoms with E-state index in [-0.39, 0.29) is 18.9 Å². The second kappa shape index (κ2) is 11.9. The quantitative estimate of drug-likeness (QED) is 0.196. The van der Waals surface area contributed by atoms with E-state index in [0.717, 1.165) is 0 Å². The number of aliphatic hydroxyl groups excluding tert-OH is 1. The van der Waals surface area contributed by atoms with E-state index in [1.165, 1.54) is 19.4 Å². The van der Waals surface area contributed by atoms with Gasteiger partial charge in [-0.15, -0.1) is 0 Å². The third-order valence-corrected chi connectivity index (χ3v) is 4.65. The molecule has 0 saturated heterocycles. The number of nitrogens with zero attached hydrogens (tertiary/aromatic N) is 1. The largest absolute Gasteiger partial charge is 0.480 e. The van der Waals surface area contributed by atoms with Crippen LogP contribution >= 0.6 is 0 Å². The van der Waals surface area contributed by atoms with Gasteiger partial charge in [-0.25, -0.2) is 9.78 Å². The van der Waals surface area contributed by atoms with Crippen molar-refractivity contribution in [3.63, 3.8) is 0 Å². The van der Waals surface area contributed by atoms with Crippen molar-refractivity contribution >= 4 is 23.7 Å². The lowest BCUT2D eigenvalue weighted by molar-refractivity contribution is -0.143. The number of rotatable bonds is 12. The van der Waals surface area contributed by atoms with Crippen LogP contribution in [0.5, 0.6) is 0 Å². The Labute approximate surface area is 174 Å². The highest BCUT2D eigenvalue weighted by Crippen LogP contribution is 2.09. The summed E-state index contributed by atoms with van der Waals surface area (Å²) < 4.78 is 0. The number of aliphatic carboxylic acids is 1. The van der Waals surface area contributed by atoms with Gasteiger partial charge in [0, 0.05) is 18.3 Å². The molecule has 0 spiro atoms. The Morgan fingerprint density at radius 3 is 2.23 bits per heavy atom. The van der Waals surface area contributed by atoms with Gasteiger partial charge in [-0.3, -0.25) is 14.4 Å². The normalized spacial score (nSPS) is 15.9. The Kier molecular flexibility index (Phi) is 9.92. The highest BCUT2D eigenvalue weighted by Gasteiger charge is 2.33. The molecule has 0 fully saturated rings. The standard InChI is InChI=1S/C18H30N6O6/c1-4-9(2)14(23-13(26)6-19)16(27)24-15(10(3)25)17(28)22-12(18(29)30)5-11-7-20-8-21-11/h7-10,12,14-15,25H,4-6,19H2,1-3H3,(H,20,21)(H,22,28)(H,23,26)(H,24,27)(H,29,30). The fourth-order valence-electron chi connectivity index (χ4n) is 2.66. The van der Waals surface area contributed by atoms with Crippen LogP contribution in [0.2, 0.25) is 0 Å². The molecule has 0 bridgehead atoms. The van der Waals surface area contributed by atoms with Crippen LogP contribution in [-0.4, -0.2) is 74.6 Å². The fraction of sp³-hybridized carbons (Fsp3) is 0.611. The minimum Gasteiger partial charge on any atom is -0.480 e. The molecule has 0 aromatic carbocycles. The van der Waals surface area contributed by atoms with E-state index in [0.29, 0.717) is 12.1 Å². The summed E-state index contributed by atoms with van der Waals surface area (Å²) in [4.78, 5) is 55.0. The van der Waals surface area contributed by atoms with E-state index in [1.807, 2.05) is 6.92 Å². The molecule has 3 amide bonds. The van der Waals surface area contributed by atoms with Gasteiger partial charge in [-0.05, 0) is 12.8 Å². The van der Waals surface area contributed by atoms with Crippen LogP contribution in [-0.2, 0) is 25.6 Å². The molecular weight excluding hydrogens is 396 g/mol. The Bertz CT molecular complexity index is 723. The highest BCUT2D eigenvalue weighted by atomic mass is 16.4. The number of H-pyrrole nitrogens is 1. The monoisotopic (exact) mass is 426 g/mol. The van der Waals surface area contributed by atoms with Crippen molar-refractivity contribution in [2.24, 2.45) is 11.7 Å². The number of imidazole rings is 1. The number of amides is 3. The molecule has 5 atom stereocenters. The van der Waals surface area contributed by atoms with Gasteiger partial charge in [0.25, 0.3) is 0 Å². The van der Waals surface area contributed by atoms with E-state index in [4.69, 9.17) is 5.73 Å². The fourth-order valence-corrected chi connectivity index (χ4v) is 2.66. The molecule has 12 heteroatoms. The molecule has 30 heavy (non-hydrogen) atoms. The molecule has 1 heterocycles. The van der Waals surface area contributed by atoms with Crippen molar-refractivity contribution in [2.75, 3.05) is 6.54 Å². The van der Waals surface area contributed by atoms with Crippen LogP contribution in [0.4, 0.5) is 0 Å². The number of nitrogens with two attached hydrogens (primary N) is 1. The smallest absolute Gasteiger partial charge is 0.326 e. The zero-order chi connectivity index (χ0) is 22.8. The van der Waals surface area contributed by atoms with Crippen molar-refractivity contribution in [3.8, 4) is 0 Å². The summed E-state index contributed by atoms with van der Waals surface area (Å²) >= 11 is 0. The summed E-state index contributed by atoms with van der Waals surface area (Å²) in [6, 6.07) is -3.71. The summed E-state index contributed by atoms with van der Waals surface area (Å²) in [6.45, 7) is 4.54. The van der Waals surface area contributed by atoms with Crippen LogP contribution in [0.25, 0.3) is 0 Å². The summed E-state index contributed by atoms with van der Waals surface area (Å²) in [6.07, 6.45) is 1.97. The van der Waals surface area contributed by atoms with Crippen LogP contribution in [0.1, 0.15) is 32.9 Å². The van der Waals surface area contributed by atoms with Gasteiger partial charge in [0.05, 0.1) is 19.0 Å². The summed E-state index contributed by atoms with van der Waals surface area (Å²) in [5, 5.41) is 26.6. The Balaban J connectivity index is 2.92. The molecule has 5 unspecified atom stereocenters. The van der Waals surface area contributed by atoms with Crippen LogP contribution in [0.3, 0.4) is 0 Å². The number of nitrogens with one attached hydrogen (secondary N) is 4. The summed E-state index contributed by atoms with van der Waals surface area (Å²) in [5.41, 5.74) is 5.78. The summed E-state index contributed by atoms with van der Waals surface area (Å²) in [7, 11) is 0. The number of aromatic nitrogens is 2. The minimum absolute atomic E-state index is 0.0659. The van der Waals surface area contributed by atoms with E-state index >= 15 is 0 Å². The van der Waals surface area contributed by atoms with Gasteiger partial charge >= 0.3 is 5.97 Å². The average Bonchev–Trinajstić information content (AvgIpc) is 3.21. The maximum Gasteiger partial charge on any atom is 0.326 e. The number of carbonyl (C=O) groups excluding carboxylic acids is 3. The van der Waals surface area contributed by atoms with E-state index < -0.39 is 47.9 Å². The van der Waals surface area contributed by atoms with Gasteiger partial charge in [0.2, 0.25) is 17.7 Å². The number of aliphatic hydroxyl groups is 1. The first-order valence-electron chi connectivity index (χ1n) is 9.58. The van der Waals surface area contributed by atoms with E-state index in [9.17, 15) is 29.4 Å². The van der Waals surface area contributed by atoms with Crippen molar-refractivity contribution in [1.29, 1.82) is 0 Å². The molecule has 8 N–H and O–H groups in total. The Hall–Kier alpha value is -2.99. The third kappa shape index (κ3) is 7.44. The number of carboxylic acid groups (broad SMARTS) is 1. The van der Waals surface area contributed by atoms with Gasteiger partial charge in [-0.1, -0.05) is 20.3 Å². The van der Waals surface area contributed by atoms with Crippen molar-refractivity contribution in [1.82, 2.24) is 25.9 Å². The minimum atomic E-state index is -1.43. The first kappa shape index (κ1) is 25.0. The third-order valence-electron chi connectivity index (χ3n) is 4.65. The van der Waals surface area contributed by atoms with Crippen LogP contribution < -0.4 is 21.7 Å². The maximum absolute atomic E-state index is 12.7. The number of aromatic amines is 1. The molecule has 0 radical (unpaired) electrons. The summed E-state index contributed by atoms with van der Waals surface area (Å²) in [5.74, 6) is -3.67. The first-order chi connectivity index (χ1) is 14.1. The number of hydrogen-bond acceptors (Lipinski definition) is 7. The molecule has 168 valence electrons. The molecule has 0 saturated carbocycles. The predicted octanol–water partition coefficient (Wildman–Crippen LogP) is -2.12. The second-order valence-corrected chi connectivity index (χ2v) is 7.04. The van der Waals surface area contributed by atoms with Gasteiger partial charge in [0.15, 0.2) is 0 Å². The van der Waals surface area contributed by atoms with Gasteiger partial charge < -0.3 is 36.9 Å². The topological polar surface area (TPSA) is 200 Å². The molecule has 1 rings (SSSR count). The molecule has 12 nitrogen and oxygen atoms in total. The Morgan fingerprint density at radius 1 is 1.13 bits per heavy atom. The lowest BCUT2D eigenvalue weighted by Gasteiger charge is -2.28. The first-order valence-corrected chi connectivity index (χ1v) is 9.58. The molecule has 1 aromatic rings. The Morgan fingerprint density at radius 2 is 1.77 bits per heavy atom. The lowest BCUT2D eigenvalue weighted by atomic mass is 9.97. The van der Waals surface area contributed by atoms with Crippen molar-refractivity contribution in [3.05, 3.63) is 18.2 Å². The number of carbonyl (C=O) groups is 4. The maximum atomic E-state index is 12.7. The zero-order valence-corrected chi connectivity index (χ0v) is 17.2. The number of hydrogen-bond donors (Lipinski definition) is 7. The molecule has 0 aliphatic carbocycles. The van der Waals surface area contributed by atoms with E-state index in [2.05, 4.69) is 25.9 Å². The second-order valence-electron chi connectivity index (χ2n) is 7.04. The molecular formula is C18H30N6O6. The predicted molar refractivity (Wildman–Crippen MR) is 106 cm³/mol. The molecule has 1 aromatic heterocycles. The molecule has 0 aliphatic rings. The highest BCUT2D eigenvalue weighted by molar-refractivity contribution is 5.94. The van der Waals surface area contributed by atoms with Crippen LogP contribution in [0.15, 0.2) is 12.5 Å². The van der Waals surface area contributed by atoms with Crippen molar-refractivity contribution in [2.45, 2.75) is 57.8 Å². The lowest BCUT2D eigenvalue weighted by Crippen LogP contribution is -2.60. The zero-order valence-electron chi connectivity index (χ0n) is 17.2. The average molecular weight is 426 g/mol. The van der Waals surface area contributed by atoms with Crippen molar-refractivity contribution < 1.29 is 29.4 Å². The number of carboxylic acids is 1. The molecule has 0 aliphatic heterocycles. The van der Waals surface area contributed by atoms with Crippen LogP contribution in [0, 0.1) is 5.92 Å². The SMILES string of the molecule is CCC(C)C(NC(=O)CN)C(=O)NC(C(=O)NC(Cc1cnc[nH]1)C(=O)O)C(C)O. The van der Waals surface area contributed by atoms with Gasteiger partial charge in [-0.2, -0.15) is 0 Å². The van der Waals surface area contributed by atoms with Gasteiger partial charge in [0.1, 0.15) is 18.1 Å². The van der Waals surface area contributed by atoms with E-state index in [1.54, 1.807) is 6.92 Å².